The van der Waals surface area contributed by atoms with Crippen molar-refractivity contribution in [3.63, 3.8) is 0 Å². The number of hydrogen-bond acceptors (Lipinski definition) is 3. The molecule has 0 fully saturated rings. The number of hydrogen-bond donors (Lipinski definition) is 1. The van der Waals surface area contributed by atoms with Crippen molar-refractivity contribution < 1.29 is 9.53 Å². The van der Waals surface area contributed by atoms with E-state index in [2.05, 4.69) is 18.3 Å². The van der Waals surface area contributed by atoms with Crippen LogP contribution in [0.15, 0.2) is 35.9 Å². The van der Waals surface area contributed by atoms with Crippen LogP contribution in [0.3, 0.4) is 0 Å². The van der Waals surface area contributed by atoms with Gasteiger partial charge in [-0.15, -0.1) is 0 Å². The highest BCUT2D eigenvalue weighted by Crippen LogP contribution is 2.20. The van der Waals surface area contributed by atoms with E-state index in [-0.39, 0.29) is 5.91 Å². The van der Waals surface area contributed by atoms with Gasteiger partial charge in [-0.05, 0) is 30.5 Å². The molecule has 0 atom stereocenters. The molecule has 1 aromatic carbocycles. The average molecular weight is 288 g/mol. The van der Waals surface area contributed by atoms with Crippen LogP contribution in [0.4, 0.5) is 5.69 Å². The van der Waals surface area contributed by atoms with Crippen LogP contribution in [-0.2, 0) is 4.74 Å². The normalized spacial score (nSPS) is 14.8. The van der Waals surface area contributed by atoms with Crippen molar-refractivity contribution in [2.24, 2.45) is 0 Å². The van der Waals surface area contributed by atoms with Crippen LogP contribution in [0.25, 0.3) is 0 Å². The average Bonchev–Trinajstić information content (AvgIpc) is 2.53. The van der Waals surface area contributed by atoms with Crippen LogP contribution in [0.5, 0.6) is 0 Å². The largest absolute Gasteiger partial charge is 0.384 e. The molecule has 1 heterocycles. The first-order valence-electron chi connectivity index (χ1n) is 7.55. The lowest BCUT2D eigenvalue weighted by Gasteiger charge is -2.27. The number of benzene rings is 1. The maximum Gasteiger partial charge on any atom is 0.256 e. The van der Waals surface area contributed by atoms with Crippen LogP contribution in [0.1, 0.15) is 30.1 Å². The first kappa shape index (κ1) is 15.6. The Labute approximate surface area is 126 Å². The molecule has 0 aliphatic carbocycles. The molecule has 1 N–H and O–H groups in total. The Bertz CT molecular complexity index is 511. The van der Waals surface area contributed by atoms with Crippen molar-refractivity contribution in [1.82, 2.24) is 4.90 Å². The third-order valence-corrected chi connectivity index (χ3v) is 3.64. The van der Waals surface area contributed by atoms with Gasteiger partial charge in [0.1, 0.15) is 0 Å². The lowest BCUT2D eigenvalue weighted by molar-refractivity contribution is 0.0766. The Kier molecular flexibility index (Phi) is 5.81. The van der Waals surface area contributed by atoms with Crippen molar-refractivity contribution in [1.29, 1.82) is 0 Å². The fourth-order valence-corrected chi connectivity index (χ4v) is 2.47. The van der Waals surface area contributed by atoms with E-state index in [1.54, 1.807) is 7.11 Å². The number of carbonyl (C=O) groups excluding carboxylic acids is 1. The number of nitrogens with one attached hydrogen (secondary N) is 1. The van der Waals surface area contributed by atoms with Gasteiger partial charge < -0.3 is 15.0 Å². The molecule has 1 aromatic rings. The molecule has 0 unspecified atom stereocenters. The zero-order valence-corrected chi connectivity index (χ0v) is 12.9. The minimum Gasteiger partial charge on any atom is -0.384 e. The van der Waals surface area contributed by atoms with E-state index in [0.717, 1.165) is 37.2 Å². The molecule has 0 saturated heterocycles. The molecule has 0 bridgehead atoms. The third kappa shape index (κ3) is 4.08. The highest BCUT2D eigenvalue weighted by atomic mass is 16.5. The summed E-state index contributed by atoms with van der Waals surface area (Å²) in [5, 5.41) is 3.33. The van der Waals surface area contributed by atoms with Crippen molar-refractivity contribution in [2.75, 3.05) is 38.7 Å². The third-order valence-electron chi connectivity index (χ3n) is 3.64. The molecule has 4 heteroatoms. The van der Waals surface area contributed by atoms with Gasteiger partial charge in [-0.25, -0.2) is 0 Å². The molecule has 1 aliphatic heterocycles. The summed E-state index contributed by atoms with van der Waals surface area (Å²) in [5.41, 5.74) is 2.96. The Morgan fingerprint density at radius 1 is 1.38 bits per heavy atom. The number of amides is 1. The highest BCUT2D eigenvalue weighted by molar-refractivity contribution is 5.99. The fourth-order valence-electron chi connectivity index (χ4n) is 2.47. The van der Waals surface area contributed by atoms with Crippen molar-refractivity contribution >= 4 is 11.6 Å². The summed E-state index contributed by atoms with van der Waals surface area (Å²) >= 11 is 0. The molecule has 0 spiro atoms. The second-order valence-electron chi connectivity index (χ2n) is 5.27. The number of anilines is 1. The predicted octanol–water partition coefficient (Wildman–Crippen LogP) is 2.93. The first-order valence-corrected chi connectivity index (χ1v) is 7.55. The molecule has 0 saturated carbocycles. The molecule has 1 aliphatic rings. The maximum absolute atomic E-state index is 12.7. The minimum absolute atomic E-state index is 0.0990. The summed E-state index contributed by atoms with van der Waals surface area (Å²) < 4.78 is 5.14. The lowest BCUT2D eigenvalue weighted by atomic mass is 10.1. The Balaban J connectivity index is 2.07. The summed E-state index contributed by atoms with van der Waals surface area (Å²) in [5.74, 6) is 0.0990. The van der Waals surface area contributed by atoms with Crippen LogP contribution in [0, 0.1) is 0 Å². The smallest absolute Gasteiger partial charge is 0.256 e. The molecular weight excluding hydrogens is 264 g/mol. The monoisotopic (exact) mass is 288 g/mol. The summed E-state index contributed by atoms with van der Waals surface area (Å²) in [6, 6.07) is 7.75. The van der Waals surface area contributed by atoms with Crippen LogP contribution >= 0.6 is 0 Å². The summed E-state index contributed by atoms with van der Waals surface area (Å²) in [4.78, 5) is 14.6. The van der Waals surface area contributed by atoms with Crippen LogP contribution in [0.2, 0.25) is 0 Å². The zero-order valence-electron chi connectivity index (χ0n) is 12.9. The van der Waals surface area contributed by atoms with Gasteiger partial charge in [0, 0.05) is 32.4 Å². The van der Waals surface area contributed by atoms with Gasteiger partial charge in [0.25, 0.3) is 5.91 Å². The van der Waals surface area contributed by atoms with E-state index < -0.39 is 0 Å². The van der Waals surface area contributed by atoms with Crippen molar-refractivity contribution in [2.45, 2.75) is 19.8 Å². The van der Waals surface area contributed by atoms with E-state index in [1.165, 1.54) is 5.57 Å². The standard InChI is InChI=1S/C17H24N2O2/c1-3-10-18-16-7-5-4-6-15(16)17(20)19-11-8-14(9-12-19)13-21-2/h4-8,18H,3,9-13H2,1-2H3. The van der Waals surface area contributed by atoms with Gasteiger partial charge in [0.05, 0.1) is 12.2 Å². The number of methoxy groups -OCH3 is 1. The lowest BCUT2D eigenvalue weighted by Crippen LogP contribution is -2.35. The quantitative estimate of drug-likeness (QED) is 0.818. The fraction of sp³-hybridized carbons (Fsp3) is 0.471. The number of ether oxygens (including phenoxy) is 1. The Morgan fingerprint density at radius 3 is 2.86 bits per heavy atom. The van der Waals surface area contributed by atoms with Gasteiger partial charge >= 0.3 is 0 Å². The SMILES string of the molecule is CCCNc1ccccc1C(=O)N1CC=C(COC)CC1. The summed E-state index contributed by atoms with van der Waals surface area (Å²) in [6.07, 6.45) is 4.03. The molecular formula is C17H24N2O2. The first-order chi connectivity index (χ1) is 10.3. The number of carbonyl (C=O) groups is 1. The zero-order chi connectivity index (χ0) is 15.1. The Hall–Kier alpha value is -1.81. The van der Waals surface area contributed by atoms with E-state index in [1.807, 2.05) is 29.2 Å². The molecule has 2 rings (SSSR count). The van der Waals surface area contributed by atoms with Crippen molar-refractivity contribution in [3.05, 3.63) is 41.5 Å². The van der Waals surface area contributed by atoms with Gasteiger partial charge in [0.2, 0.25) is 0 Å². The van der Waals surface area contributed by atoms with Gasteiger partial charge in [-0.1, -0.05) is 25.1 Å². The van der Waals surface area contributed by atoms with Crippen LogP contribution in [-0.4, -0.2) is 44.2 Å². The minimum atomic E-state index is 0.0990. The van der Waals surface area contributed by atoms with E-state index in [9.17, 15) is 4.79 Å². The highest BCUT2D eigenvalue weighted by Gasteiger charge is 2.20. The van der Waals surface area contributed by atoms with E-state index in [4.69, 9.17) is 4.74 Å². The molecule has 0 aromatic heterocycles. The summed E-state index contributed by atoms with van der Waals surface area (Å²) in [7, 11) is 1.70. The number of para-hydroxylation sites is 1. The van der Waals surface area contributed by atoms with Gasteiger partial charge in [0.15, 0.2) is 0 Å². The van der Waals surface area contributed by atoms with Crippen LogP contribution < -0.4 is 5.32 Å². The maximum atomic E-state index is 12.7. The predicted molar refractivity (Wildman–Crippen MR) is 85.7 cm³/mol. The number of rotatable bonds is 6. The second kappa shape index (κ2) is 7.84. The topological polar surface area (TPSA) is 41.6 Å². The number of nitrogens with zero attached hydrogens (tertiary/aromatic N) is 1. The van der Waals surface area contributed by atoms with E-state index in [0.29, 0.717) is 13.2 Å². The van der Waals surface area contributed by atoms with Crippen molar-refractivity contribution in [3.8, 4) is 0 Å². The molecule has 114 valence electrons. The van der Waals surface area contributed by atoms with Gasteiger partial charge in [-0.2, -0.15) is 0 Å². The van der Waals surface area contributed by atoms with Gasteiger partial charge in [-0.3, -0.25) is 4.79 Å². The Morgan fingerprint density at radius 2 is 2.19 bits per heavy atom. The molecule has 4 nitrogen and oxygen atoms in total. The molecule has 1 amide bonds. The molecule has 21 heavy (non-hydrogen) atoms. The molecule has 0 radical (unpaired) electrons. The van der Waals surface area contributed by atoms with E-state index >= 15 is 0 Å². The summed E-state index contributed by atoms with van der Waals surface area (Å²) in [6.45, 7) is 5.08. The second-order valence-corrected chi connectivity index (χ2v) is 5.27.